The van der Waals surface area contributed by atoms with Gasteiger partial charge in [0.2, 0.25) is 0 Å². The predicted molar refractivity (Wildman–Crippen MR) is 98.3 cm³/mol. The van der Waals surface area contributed by atoms with Crippen molar-refractivity contribution < 1.29 is 4.42 Å². The van der Waals surface area contributed by atoms with E-state index in [1.807, 2.05) is 24.3 Å². The van der Waals surface area contributed by atoms with Crippen LogP contribution in [-0.4, -0.2) is 31.1 Å². The Bertz CT molecular complexity index is 589. The van der Waals surface area contributed by atoms with Gasteiger partial charge in [-0.25, -0.2) is 0 Å². The first-order chi connectivity index (χ1) is 11.1. The molecule has 1 heterocycles. The van der Waals surface area contributed by atoms with Gasteiger partial charge in [-0.15, -0.1) is 0 Å². The van der Waals surface area contributed by atoms with Gasteiger partial charge in [-0.3, -0.25) is 0 Å². The molecule has 0 aliphatic heterocycles. The highest BCUT2D eigenvalue weighted by molar-refractivity contribution is 6.35. The maximum atomic E-state index is 6.03. The van der Waals surface area contributed by atoms with Gasteiger partial charge >= 0.3 is 0 Å². The number of hydrogen-bond donors (Lipinski definition) is 1. The Labute approximate surface area is 148 Å². The second kappa shape index (κ2) is 9.33. The molecule has 0 aliphatic rings. The van der Waals surface area contributed by atoms with Crippen molar-refractivity contribution in [3.63, 3.8) is 0 Å². The van der Waals surface area contributed by atoms with Crippen LogP contribution in [-0.2, 0) is 6.54 Å². The topological polar surface area (TPSA) is 28.4 Å². The minimum Gasteiger partial charge on any atom is -0.460 e. The molecule has 1 aromatic carbocycles. The molecule has 0 unspecified atom stereocenters. The lowest BCUT2D eigenvalue weighted by Crippen LogP contribution is -2.27. The largest absolute Gasteiger partial charge is 0.460 e. The van der Waals surface area contributed by atoms with Gasteiger partial charge < -0.3 is 14.6 Å². The molecule has 0 bridgehead atoms. The average molecular weight is 355 g/mol. The average Bonchev–Trinajstić information content (AvgIpc) is 2.99. The molecular formula is C18H24Cl2N2O. The minimum atomic E-state index is 0.611. The van der Waals surface area contributed by atoms with Crippen LogP contribution in [0.2, 0.25) is 10.0 Å². The van der Waals surface area contributed by atoms with E-state index < -0.39 is 0 Å². The van der Waals surface area contributed by atoms with Gasteiger partial charge in [0.05, 0.1) is 6.54 Å². The second-order valence-corrected chi connectivity index (χ2v) is 6.35. The maximum Gasteiger partial charge on any atom is 0.134 e. The Morgan fingerprint density at radius 3 is 2.39 bits per heavy atom. The standard InChI is InChI=1S/C18H24Cl2N2O/c1-3-22(4-2)9-5-8-21-13-17-6-7-18(23-17)14-10-15(19)12-16(20)11-14/h6-7,10-12,21H,3-5,8-9,13H2,1-2H3. The van der Waals surface area contributed by atoms with Crippen LogP contribution in [0.3, 0.4) is 0 Å². The summed E-state index contributed by atoms with van der Waals surface area (Å²) in [6.45, 7) is 9.46. The van der Waals surface area contributed by atoms with Crippen LogP contribution in [0.15, 0.2) is 34.7 Å². The number of nitrogens with zero attached hydrogens (tertiary/aromatic N) is 1. The molecule has 0 atom stereocenters. The van der Waals surface area contributed by atoms with Gasteiger partial charge in [-0.1, -0.05) is 37.0 Å². The van der Waals surface area contributed by atoms with Crippen LogP contribution in [0.4, 0.5) is 0 Å². The summed E-state index contributed by atoms with van der Waals surface area (Å²) in [4.78, 5) is 2.43. The first-order valence-electron chi connectivity index (χ1n) is 8.10. The number of hydrogen-bond acceptors (Lipinski definition) is 3. The molecular weight excluding hydrogens is 331 g/mol. The van der Waals surface area contributed by atoms with E-state index >= 15 is 0 Å². The molecule has 126 valence electrons. The van der Waals surface area contributed by atoms with E-state index in [2.05, 4.69) is 24.1 Å². The molecule has 0 spiro atoms. The summed E-state index contributed by atoms with van der Waals surface area (Å²) in [6.07, 6.45) is 1.14. The van der Waals surface area contributed by atoms with Gasteiger partial charge in [0.15, 0.2) is 0 Å². The Hall–Kier alpha value is -1.00. The molecule has 0 saturated heterocycles. The Morgan fingerprint density at radius 1 is 1.04 bits per heavy atom. The fraction of sp³-hybridized carbons (Fsp3) is 0.444. The van der Waals surface area contributed by atoms with Gasteiger partial charge in [-0.05, 0) is 62.9 Å². The maximum absolute atomic E-state index is 6.03. The van der Waals surface area contributed by atoms with E-state index in [0.29, 0.717) is 10.0 Å². The molecule has 23 heavy (non-hydrogen) atoms. The van der Waals surface area contributed by atoms with Crippen LogP contribution < -0.4 is 5.32 Å². The molecule has 1 N–H and O–H groups in total. The van der Waals surface area contributed by atoms with Crippen molar-refractivity contribution in [2.24, 2.45) is 0 Å². The van der Waals surface area contributed by atoms with Crippen LogP contribution in [0.1, 0.15) is 26.0 Å². The van der Waals surface area contributed by atoms with Crippen LogP contribution in [0.25, 0.3) is 11.3 Å². The first kappa shape index (κ1) is 18.3. The van der Waals surface area contributed by atoms with Crippen molar-refractivity contribution in [3.05, 3.63) is 46.1 Å². The van der Waals surface area contributed by atoms with E-state index in [1.54, 1.807) is 6.07 Å². The fourth-order valence-electron chi connectivity index (χ4n) is 2.50. The number of benzene rings is 1. The molecule has 2 rings (SSSR count). The quantitative estimate of drug-likeness (QED) is 0.636. The number of halogens is 2. The second-order valence-electron chi connectivity index (χ2n) is 5.48. The van der Waals surface area contributed by atoms with E-state index in [1.165, 1.54) is 0 Å². The zero-order valence-corrected chi connectivity index (χ0v) is 15.3. The van der Waals surface area contributed by atoms with Crippen molar-refractivity contribution in [2.45, 2.75) is 26.8 Å². The van der Waals surface area contributed by atoms with E-state index in [4.69, 9.17) is 27.6 Å². The van der Waals surface area contributed by atoms with E-state index in [-0.39, 0.29) is 0 Å². The first-order valence-corrected chi connectivity index (χ1v) is 8.86. The van der Waals surface area contributed by atoms with Gasteiger partial charge in [-0.2, -0.15) is 0 Å². The highest BCUT2D eigenvalue weighted by atomic mass is 35.5. The summed E-state index contributed by atoms with van der Waals surface area (Å²) in [7, 11) is 0. The van der Waals surface area contributed by atoms with Crippen molar-refractivity contribution in [1.82, 2.24) is 10.2 Å². The van der Waals surface area contributed by atoms with Gasteiger partial charge in [0.1, 0.15) is 11.5 Å². The predicted octanol–water partition coefficient (Wildman–Crippen LogP) is 5.07. The molecule has 0 aliphatic carbocycles. The number of furan rings is 1. The van der Waals surface area contributed by atoms with Crippen molar-refractivity contribution in [2.75, 3.05) is 26.2 Å². The summed E-state index contributed by atoms with van der Waals surface area (Å²) in [6, 6.07) is 9.37. The van der Waals surface area contributed by atoms with Gasteiger partial charge in [0.25, 0.3) is 0 Å². The van der Waals surface area contributed by atoms with Gasteiger partial charge in [0, 0.05) is 15.6 Å². The molecule has 0 fully saturated rings. The summed E-state index contributed by atoms with van der Waals surface area (Å²) in [5, 5.41) is 4.64. The number of rotatable bonds is 9. The van der Waals surface area contributed by atoms with Crippen LogP contribution in [0, 0.1) is 0 Å². The molecule has 3 nitrogen and oxygen atoms in total. The van der Waals surface area contributed by atoms with Crippen molar-refractivity contribution in [1.29, 1.82) is 0 Å². The summed E-state index contributed by atoms with van der Waals surface area (Å²) >= 11 is 12.1. The molecule has 1 aromatic heterocycles. The fourth-order valence-corrected chi connectivity index (χ4v) is 3.03. The minimum absolute atomic E-state index is 0.611. The highest BCUT2D eigenvalue weighted by Crippen LogP contribution is 2.28. The zero-order chi connectivity index (χ0) is 16.7. The zero-order valence-electron chi connectivity index (χ0n) is 13.7. The van der Waals surface area contributed by atoms with E-state index in [9.17, 15) is 0 Å². The Kier molecular flexibility index (Phi) is 7.44. The lowest BCUT2D eigenvalue weighted by Gasteiger charge is -2.17. The Morgan fingerprint density at radius 2 is 1.74 bits per heavy atom. The highest BCUT2D eigenvalue weighted by Gasteiger charge is 2.07. The van der Waals surface area contributed by atoms with Crippen LogP contribution in [0.5, 0.6) is 0 Å². The molecule has 0 saturated carbocycles. The van der Waals surface area contributed by atoms with Crippen molar-refractivity contribution >= 4 is 23.2 Å². The normalized spacial score (nSPS) is 11.3. The summed E-state index contributed by atoms with van der Waals surface area (Å²) in [5.74, 6) is 1.70. The lowest BCUT2D eigenvalue weighted by atomic mass is 10.2. The summed E-state index contributed by atoms with van der Waals surface area (Å²) < 4.78 is 5.86. The third-order valence-electron chi connectivity index (χ3n) is 3.83. The van der Waals surface area contributed by atoms with E-state index in [0.717, 1.165) is 56.2 Å². The molecule has 2 aromatic rings. The molecule has 0 amide bonds. The smallest absolute Gasteiger partial charge is 0.134 e. The lowest BCUT2D eigenvalue weighted by molar-refractivity contribution is 0.297. The third-order valence-corrected chi connectivity index (χ3v) is 4.27. The van der Waals surface area contributed by atoms with Crippen molar-refractivity contribution in [3.8, 4) is 11.3 Å². The van der Waals surface area contributed by atoms with Crippen LogP contribution >= 0.6 is 23.2 Å². The molecule has 5 heteroatoms. The Balaban J connectivity index is 1.81. The SMILES string of the molecule is CCN(CC)CCCNCc1ccc(-c2cc(Cl)cc(Cl)c2)o1. The molecule has 0 radical (unpaired) electrons. The monoisotopic (exact) mass is 354 g/mol. The third kappa shape index (κ3) is 5.85. The number of nitrogens with one attached hydrogen (secondary N) is 1. The summed E-state index contributed by atoms with van der Waals surface area (Å²) in [5.41, 5.74) is 0.898.